The van der Waals surface area contributed by atoms with Gasteiger partial charge in [-0.15, -0.1) is 0 Å². The summed E-state index contributed by atoms with van der Waals surface area (Å²) in [7, 11) is 0. The fourth-order valence-electron chi connectivity index (χ4n) is 3.00. The van der Waals surface area contributed by atoms with Gasteiger partial charge in [-0.1, -0.05) is 20.8 Å². The van der Waals surface area contributed by atoms with E-state index in [1.807, 2.05) is 0 Å². The highest BCUT2D eigenvalue weighted by Gasteiger charge is 2.38. The molecule has 82 valence electrons. The first-order valence-electron chi connectivity index (χ1n) is 5.92. The quantitative estimate of drug-likeness (QED) is 0.723. The number of likely N-dealkylation sites (tertiary alicyclic amines) is 1. The Morgan fingerprint density at radius 3 is 2.14 bits per heavy atom. The molecule has 0 aromatic heterocycles. The molecule has 2 saturated heterocycles. The summed E-state index contributed by atoms with van der Waals surface area (Å²) in [5.41, 5.74) is 1.17. The van der Waals surface area contributed by atoms with Crippen LogP contribution in [0.25, 0.3) is 0 Å². The number of hydrogen-bond donors (Lipinski definition) is 1. The van der Waals surface area contributed by atoms with Crippen LogP contribution in [-0.2, 0) is 0 Å². The number of piperidine rings is 1. The largest absolute Gasteiger partial charge is 0.317 e. The van der Waals surface area contributed by atoms with Gasteiger partial charge in [0.15, 0.2) is 0 Å². The van der Waals surface area contributed by atoms with Crippen LogP contribution in [0, 0.1) is 10.8 Å². The summed E-state index contributed by atoms with van der Waals surface area (Å²) in [5, 5.41) is 3.45. The molecule has 2 nitrogen and oxygen atoms in total. The van der Waals surface area contributed by atoms with Crippen molar-refractivity contribution in [2.75, 3.05) is 32.7 Å². The molecule has 0 bridgehead atoms. The SMILES string of the molecule is CC1(C)CN(CC2(C)CCNCC2)C1. The van der Waals surface area contributed by atoms with Crippen molar-refractivity contribution in [1.29, 1.82) is 0 Å². The van der Waals surface area contributed by atoms with Crippen LogP contribution in [0.5, 0.6) is 0 Å². The molecule has 0 amide bonds. The highest BCUT2D eigenvalue weighted by molar-refractivity contribution is 4.92. The molecule has 2 aliphatic heterocycles. The summed E-state index contributed by atoms with van der Waals surface area (Å²) >= 11 is 0. The first-order chi connectivity index (χ1) is 6.49. The average Bonchev–Trinajstić information content (AvgIpc) is 2.01. The Kier molecular flexibility index (Phi) is 2.61. The van der Waals surface area contributed by atoms with Crippen LogP contribution < -0.4 is 5.32 Å². The van der Waals surface area contributed by atoms with E-state index in [4.69, 9.17) is 0 Å². The number of nitrogens with one attached hydrogen (secondary N) is 1. The van der Waals surface area contributed by atoms with Gasteiger partial charge >= 0.3 is 0 Å². The van der Waals surface area contributed by atoms with Crippen molar-refractivity contribution >= 4 is 0 Å². The van der Waals surface area contributed by atoms with E-state index in [9.17, 15) is 0 Å². The van der Waals surface area contributed by atoms with E-state index in [2.05, 4.69) is 31.0 Å². The van der Waals surface area contributed by atoms with Crippen LogP contribution in [0.4, 0.5) is 0 Å². The molecule has 0 atom stereocenters. The Morgan fingerprint density at radius 2 is 1.64 bits per heavy atom. The molecule has 2 fully saturated rings. The summed E-state index contributed by atoms with van der Waals surface area (Å²) in [4.78, 5) is 2.63. The van der Waals surface area contributed by atoms with Crippen LogP contribution in [0.1, 0.15) is 33.6 Å². The minimum atomic E-state index is 0.585. The van der Waals surface area contributed by atoms with Crippen LogP contribution >= 0.6 is 0 Å². The zero-order valence-corrected chi connectivity index (χ0v) is 9.90. The van der Waals surface area contributed by atoms with Crippen LogP contribution in [0.3, 0.4) is 0 Å². The van der Waals surface area contributed by atoms with Crippen molar-refractivity contribution in [3.8, 4) is 0 Å². The number of hydrogen-bond acceptors (Lipinski definition) is 2. The molecular weight excluding hydrogens is 172 g/mol. The molecular formula is C12H24N2. The van der Waals surface area contributed by atoms with Crippen molar-refractivity contribution in [2.24, 2.45) is 10.8 Å². The average molecular weight is 196 g/mol. The predicted octanol–water partition coefficient (Wildman–Crippen LogP) is 1.72. The Labute approximate surface area is 88.1 Å². The molecule has 0 radical (unpaired) electrons. The molecule has 0 spiro atoms. The molecule has 2 heteroatoms. The summed E-state index contributed by atoms with van der Waals surface area (Å²) in [6.45, 7) is 13.5. The predicted molar refractivity (Wildman–Crippen MR) is 60.4 cm³/mol. The molecule has 14 heavy (non-hydrogen) atoms. The van der Waals surface area contributed by atoms with E-state index >= 15 is 0 Å². The second kappa shape index (κ2) is 3.49. The van der Waals surface area contributed by atoms with Gasteiger partial charge in [0.1, 0.15) is 0 Å². The highest BCUT2D eigenvalue weighted by Crippen LogP contribution is 2.35. The third-order valence-corrected chi connectivity index (χ3v) is 3.72. The fourth-order valence-corrected chi connectivity index (χ4v) is 3.00. The second-order valence-electron chi connectivity index (χ2n) is 6.37. The maximum atomic E-state index is 3.45. The lowest BCUT2D eigenvalue weighted by Crippen LogP contribution is -2.56. The molecule has 2 aliphatic rings. The lowest BCUT2D eigenvalue weighted by molar-refractivity contribution is -0.00850. The van der Waals surface area contributed by atoms with Crippen LogP contribution in [-0.4, -0.2) is 37.6 Å². The highest BCUT2D eigenvalue weighted by atomic mass is 15.2. The van der Waals surface area contributed by atoms with Crippen LogP contribution in [0.2, 0.25) is 0 Å². The Bertz CT molecular complexity index is 196. The normalized spacial score (nSPS) is 31.1. The van der Waals surface area contributed by atoms with Crippen molar-refractivity contribution in [3.63, 3.8) is 0 Å². The second-order valence-corrected chi connectivity index (χ2v) is 6.37. The van der Waals surface area contributed by atoms with Gasteiger partial charge in [0.25, 0.3) is 0 Å². The van der Waals surface area contributed by atoms with E-state index in [0.29, 0.717) is 10.8 Å². The molecule has 0 aromatic carbocycles. The Hall–Kier alpha value is -0.0800. The molecule has 1 N–H and O–H groups in total. The van der Waals surface area contributed by atoms with Gasteiger partial charge in [0.05, 0.1) is 0 Å². The maximum Gasteiger partial charge on any atom is 0.00454 e. The van der Waals surface area contributed by atoms with Gasteiger partial charge in [0, 0.05) is 19.6 Å². The van der Waals surface area contributed by atoms with Gasteiger partial charge in [-0.3, -0.25) is 0 Å². The minimum Gasteiger partial charge on any atom is -0.317 e. The molecule has 2 rings (SSSR count). The lowest BCUT2D eigenvalue weighted by atomic mass is 9.77. The number of rotatable bonds is 2. The molecule has 2 heterocycles. The van der Waals surface area contributed by atoms with Crippen molar-refractivity contribution < 1.29 is 0 Å². The summed E-state index contributed by atoms with van der Waals surface area (Å²) in [6.07, 6.45) is 2.70. The van der Waals surface area contributed by atoms with Crippen molar-refractivity contribution in [2.45, 2.75) is 33.6 Å². The van der Waals surface area contributed by atoms with E-state index < -0.39 is 0 Å². The van der Waals surface area contributed by atoms with Gasteiger partial charge in [-0.2, -0.15) is 0 Å². The van der Waals surface area contributed by atoms with E-state index in [-0.39, 0.29) is 0 Å². The van der Waals surface area contributed by atoms with E-state index in [1.165, 1.54) is 45.6 Å². The molecule has 0 unspecified atom stereocenters. The van der Waals surface area contributed by atoms with Crippen molar-refractivity contribution in [3.05, 3.63) is 0 Å². The molecule has 0 saturated carbocycles. The van der Waals surface area contributed by atoms with Gasteiger partial charge < -0.3 is 10.2 Å². The zero-order valence-electron chi connectivity index (χ0n) is 9.90. The van der Waals surface area contributed by atoms with Gasteiger partial charge in [0.2, 0.25) is 0 Å². The topological polar surface area (TPSA) is 15.3 Å². The smallest absolute Gasteiger partial charge is 0.00454 e. The van der Waals surface area contributed by atoms with Gasteiger partial charge in [-0.25, -0.2) is 0 Å². The number of nitrogens with zero attached hydrogens (tertiary/aromatic N) is 1. The maximum absolute atomic E-state index is 3.45. The summed E-state index contributed by atoms with van der Waals surface area (Å²) in [5.74, 6) is 0. The Balaban J connectivity index is 1.79. The Morgan fingerprint density at radius 1 is 1.07 bits per heavy atom. The van der Waals surface area contributed by atoms with E-state index in [1.54, 1.807) is 0 Å². The standard InChI is InChI=1S/C12H24N2/c1-11(2)8-14(9-11)10-12(3)4-6-13-7-5-12/h13H,4-10H2,1-3H3. The van der Waals surface area contributed by atoms with Gasteiger partial charge in [-0.05, 0) is 36.8 Å². The lowest BCUT2D eigenvalue weighted by Gasteiger charge is -2.50. The minimum absolute atomic E-state index is 0.585. The molecule has 0 aromatic rings. The fraction of sp³-hybridized carbons (Fsp3) is 1.00. The first kappa shape index (κ1) is 10.4. The van der Waals surface area contributed by atoms with Crippen molar-refractivity contribution in [1.82, 2.24) is 10.2 Å². The first-order valence-corrected chi connectivity index (χ1v) is 5.92. The van der Waals surface area contributed by atoms with Crippen LogP contribution in [0.15, 0.2) is 0 Å². The van der Waals surface area contributed by atoms with E-state index in [0.717, 1.165) is 0 Å². The third kappa shape index (κ3) is 2.29. The molecule has 0 aliphatic carbocycles. The third-order valence-electron chi connectivity index (χ3n) is 3.72. The summed E-state index contributed by atoms with van der Waals surface area (Å²) < 4.78 is 0. The zero-order chi connectivity index (χ0) is 10.2. The monoisotopic (exact) mass is 196 g/mol. The summed E-state index contributed by atoms with van der Waals surface area (Å²) in [6, 6.07) is 0.